The van der Waals surface area contributed by atoms with Crippen molar-refractivity contribution in [3.05, 3.63) is 47.5 Å². The van der Waals surface area contributed by atoms with Gasteiger partial charge in [-0.05, 0) is 44.2 Å². The quantitative estimate of drug-likeness (QED) is 0.356. The molecule has 2 aromatic rings. The van der Waals surface area contributed by atoms with Crippen LogP contribution in [0, 0.1) is 11.3 Å². The zero-order chi connectivity index (χ0) is 22.8. The van der Waals surface area contributed by atoms with Crippen LogP contribution in [0.2, 0.25) is 0 Å². The van der Waals surface area contributed by atoms with Gasteiger partial charge in [-0.3, -0.25) is 14.4 Å². The van der Waals surface area contributed by atoms with Gasteiger partial charge in [0.2, 0.25) is 0 Å². The third kappa shape index (κ3) is 4.04. The molecule has 0 aromatic heterocycles. The van der Waals surface area contributed by atoms with Gasteiger partial charge in [-0.15, -0.1) is 0 Å². The fraction of sp³-hybridized carbons (Fsp3) is 0.417. The smallest absolute Gasteiger partial charge is 0.337 e. The molecule has 7 nitrogen and oxygen atoms in total. The van der Waals surface area contributed by atoms with E-state index in [1.54, 1.807) is 45.0 Å². The fourth-order valence-corrected chi connectivity index (χ4v) is 3.85. The number of hydroxylamine groups is 2. The molecular formula is C24H27NO6. The first-order valence-corrected chi connectivity index (χ1v) is 10.5. The van der Waals surface area contributed by atoms with Crippen molar-refractivity contribution in [1.29, 1.82) is 0 Å². The fourth-order valence-electron chi connectivity index (χ4n) is 3.85. The first kappa shape index (κ1) is 22.5. The summed E-state index contributed by atoms with van der Waals surface area (Å²) >= 11 is 0. The van der Waals surface area contributed by atoms with Gasteiger partial charge in [0, 0.05) is 5.39 Å². The van der Waals surface area contributed by atoms with E-state index in [0.29, 0.717) is 10.4 Å². The summed E-state index contributed by atoms with van der Waals surface area (Å²) in [5, 5.41) is 1.80. The maximum absolute atomic E-state index is 13.0. The molecule has 1 aliphatic heterocycles. The predicted octanol–water partition coefficient (Wildman–Crippen LogP) is 4.29. The topological polar surface area (TPSA) is 90.0 Å². The molecule has 31 heavy (non-hydrogen) atoms. The minimum atomic E-state index is -1.18. The van der Waals surface area contributed by atoms with Crippen molar-refractivity contribution >= 4 is 34.5 Å². The van der Waals surface area contributed by atoms with Gasteiger partial charge in [0.1, 0.15) is 0 Å². The van der Waals surface area contributed by atoms with E-state index < -0.39 is 35.1 Å². The Morgan fingerprint density at radius 3 is 2.10 bits per heavy atom. The highest BCUT2D eigenvalue weighted by Crippen LogP contribution is 2.34. The molecule has 0 saturated heterocycles. The first-order valence-electron chi connectivity index (χ1n) is 10.5. The molecule has 0 radical (unpaired) electrons. The summed E-state index contributed by atoms with van der Waals surface area (Å²) in [7, 11) is 0. The van der Waals surface area contributed by atoms with Gasteiger partial charge in [0.05, 0.1) is 29.1 Å². The Balaban J connectivity index is 1.84. The van der Waals surface area contributed by atoms with Crippen LogP contribution in [0.1, 0.15) is 67.7 Å². The number of benzene rings is 2. The normalized spacial score (nSPS) is 14.5. The Morgan fingerprint density at radius 1 is 1.00 bits per heavy atom. The van der Waals surface area contributed by atoms with E-state index in [4.69, 9.17) is 9.57 Å². The van der Waals surface area contributed by atoms with Crippen molar-refractivity contribution < 1.29 is 28.8 Å². The molecule has 164 valence electrons. The number of carbonyl (C=O) groups excluding carboxylic acids is 4. The standard InChI is InChI=1S/C24H27NO6/c1-5-7-14-30-23(29)24(3,4)18(6-2)22(28)31-25-20(26)16-12-8-10-15-11-9-13-17(19(15)16)21(25)27/h8-13,18H,5-7,14H2,1-4H3. The Kier molecular flexibility index (Phi) is 6.43. The van der Waals surface area contributed by atoms with Crippen LogP contribution in [0.3, 0.4) is 0 Å². The average molecular weight is 425 g/mol. The van der Waals surface area contributed by atoms with Crippen molar-refractivity contribution in [2.75, 3.05) is 6.61 Å². The van der Waals surface area contributed by atoms with Crippen LogP contribution >= 0.6 is 0 Å². The van der Waals surface area contributed by atoms with Gasteiger partial charge in [-0.2, -0.15) is 0 Å². The third-order valence-electron chi connectivity index (χ3n) is 5.74. The van der Waals surface area contributed by atoms with Gasteiger partial charge in [0.15, 0.2) is 0 Å². The molecule has 0 bridgehead atoms. The number of imide groups is 1. The summed E-state index contributed by atoms with van der Waals surface area (Å²) in [5.74, 6) is -3.65. The second kappa shape index (κ2) is 8.88. The van der Waals surface area contributed by atoms with E-state index in [2.05, 4.69) is 0 Å². The molecule has 7 heteroatoms. The molecule has 1 aliphatic rings. The number of amides is 2. The van der Waals surface area contributed by atoms with E-state index in [9.17, 15) is 19.2 Å². The average Bonchev–Trinajstić information content (AvgIpc) is 2.75. The summed E-state index contributed by atoms with van der Waals surface area (Å²) in [6.45, 7) is 7.20. The maximum atomic E-state index is 13.0. The number of carbonyl (C=O) groups is 4. The number of rotatable bonds is 8. The lowest BCUT2D eigenvalue weighted by atomic mass is 9.77. The highest BCUT2D eigenvalue weighted by molar-refractivity contribution is 6.25. The number of nitrogens with zero attached hydrogens (tertiary/aromatic N) is 1. The molecule has 1 atom stereocenters. The summed E-state index contributed by atoms with van der Waals surface area (Å²) in [5.41, 5.74) is -0.613. The largest absolute Gasteiger partial charge is 0.465 e. The minimum Gasteiger partial charge on any atom is -0.465 e. The van der Waals surface area contributed by atoms with Crippen LogP contribution in [0.15, 0.2) is 36.4 Å². The first-order chi connectivity index (χ1) is 14.7. The molecular weight excluding hydrogens is 398 g/mol. The molecule has 2 aromatic carbocycles. The van der Waals surface area contributed by atoms with Crippen molar-refractivity contribution in [2.24, 2.45) is 11.3 Å². The molecule has 0 fully saturated rings. The Morgan fingerprint density at radius 2 is 1.58 bits per heavy atom. The van der Waals surface area contributed by atoms with E-state index in [0.717, 1.165) is 18.2 Å². The summed E-state index contributed by atoms with van der Waals surface area (Å²) < 4.78 is 5.30. The van der Waals surface area contributed by atoms with Crippen molar-refractivity contribution in [3.63, 3.8) is 0 Å². The lowest BCUT2D eigenvalue weighted by Gasteiger charge is -2.32. The molecule has 1 unspecified atom stereocenters. The van der Waals surface area contributed by atoms with Gasteiger partial charge >= 0.3 is 11.9 Å². The Bertz CT molecular complexity index is 991. The maximum Gasteiger partial charge on any atom is 0.337 e. The van der Waals surface area contributed by atoms with E-state index in [1.165, 1.54) is 0 Å². The Labute approximate surface area is 181 Å². The van der Waals surface area contributed by atoms with Crippen LogP contribution in [-0.4, -0.2) is 35.4 Å². The van der Waals surface area contributed by atoms with Gasteiger partial charge in [0.25, 0.3) is 11.8 Å². The monoisotopic (exact) mass is 425 g/mol. The van der Waals surface area contributed by atoms with Crippen LogP contribution in [0.4, 0.5) is 0 Å². The predicted molar refractivity (Wildman–Crippen MR) is 114 cm³/mol. The van der Waals surface area contributed by atoms with Crippen LogP contribution in [0.5, 0.6) is 0 Å². The number of esters is 1. The molecule has 0 spiro atoms. The van der Waals surface area contributed by atoms with Crippen LogP contribution < -0.4 is 0 Å². The lowest BCUT2D eigenvalue weighted by Crippen LogP contribution is -2.46. The third-order valence-corrected chi connectivity index (χ3v) is 5.74. The van der Waals surface area contributed by atoms with Crippen molar-refractivity contribution in [2.45, 2.75) is 47.0 Å². The lowest BCUT2D eigenvalue weighted by molar-refractivity contribution is -0.184. The zero-order valence-corrected chi connectivity index (χ0v) is 18.3. The second-order valence-electron chi connectivity index (χ2n) is 8.20. The summed E-state index contributed by atoms with van der Waals surface area (Å²) in [6.07, 6.45) is 1.88. The number of ether oxygens (including phenoxy) is 1. The molecule has 1 heterocycles. The minimum absolute atomic E-state index is 0.272. The van der Waals surface area contributed by atoms with Crippen molar-refractivity contribution in [3.8, 4) is 0 Å². The zero-order valence-electron chi connectivity index (χ0n) is 18.3. The van der Waals surface area contributed by atoms with Gasteiger partial charge in [-0.25, -0.2) is 4.79 Å². The molecule has 0 N–H and O–H groups in total. The highest BCUT2D eigenvalue weighted by Gasteiger charge is 2.45. The van der Waals surface area contributed by atoms with E-state index >= 15 is 0 Å². The van der Waals surface area contributed by atoms with Crippen LogP contribution in [0.25, 0.3) is 10.8 Å². The molecule has 2 amide bonds. The van der Waals surface area contributed by atoms with Crippen LogP contribution in [-0.2, 0) is 19.2 Å². The molecule has 0 saturated carbocycles. The number of hydrogen-bond acceptors (Lipinski definition) is 6. The second-order valence-corrected chi connectivity index (χ2v) is 8.20. The summed E-state index contributed by atoms with van der Waals surface area (Å²) in [4.78, 5) is 56.8. The van der Waals surface area contributed by atoms with Gasteiger partial charge < -0.3 is 9.57 Å². The highest BCUT2D eigenvalue weighted by atomic mass is 16.7. The van der Waals surface area contributed by atoms with Crippen molar-refractivity contribution in [1.82, 2.24) is 5.06 Å². The van der Waals surface area contributed by atoms with E-state index in [-0.39, 0.29) is 24.2 Å². The molecule has 3 rings (SSSR count). The van der Waals surface area contributed by atoms with Gasteiger partial charge in [-0.1, -0.05) is 49.6 Å². The number of hydrogen-bond donors (Lipinski definition) is 0. The summed E-state index contributed by atoms with van der Waals surface area (Å²) in [6, 6.07) is 10.2. The SMILES string of the molecule is CCCCOC(=O)C(C)(C)C(CC)C(=O)ON1C(=O)c2cccc3cccc(c23)C1=O. The molecule has 0 aliphatic carbocycles. The number of unbranched alkanes of at least 4 members (excludes halogenated alkanes) is 1. The van der Waals surface area contributed by atoms with E-state index in [1.807, 2.05) is 19.1 Å². The Hall–Kier alpha value is -3.22.